The molecule has 1 aliphatic rings. The summed E-state index contributed by atoms with van der Waals surface area (Å²) in [5.41, 5.74) is 2.31. The number of aryl methyl sites for hydroxylation is 1. The fraction of sp³-hybridized carbons (Fsp3) is 0.412. The quantitative estimate of drug-likeness (QED) is 0.898. The van der Waals surface area contributed by atoms with Gasteiger partial charge in [0, 0.05) is 42.2 Å². The minimum atomic E-state index is 0.712. The minimum Gasteiger partial charge on any atom is -0.371 e. The van der Waals surface area contributed by atoms with E-state index in [2.05, 4.69) is 54.3 Å². The maximum absolute atomic E-state index is 4.54. The number of nitrogens with zero attached hydrogens (tertiary/aromatic N) is 3. The van der Waals surface area contributed by atoms with Gasteiger partial charge >= 0.3 is 0 Å². The van der Waals surface area contributed by atoms with Crippen molar-refractivity contribution in [1.82, 2.24) is 9.97 Å². The van der Waals surface area contributed by atoms with Crippen LogP contribution >= 0.6 is 15.9 Å². The molecule has 1 aliphatic heterocycles. The number of anilines is 2. The molecule has 2 aromatic rings. The molecule has 22 heavy (non-hydrogen) atoms. The number of rotatable bonds is 4. The topological polar surface area (TPSA) is 41.1 Å². The van der Waals surface area contributed by atoms with E-state index in [1.54, 1.807) is 0 Å². The Morgan fingerprint density at radius 1 is 1.18 bits per heavy atom. The molecule has 3 heterocycles. The van der Waals surface area contributed by atoms with Gasteiger partial charge in [-0.05, 0) is 65.9 Å². The van der Waals surface area contributed by atoms with E-state index in [1.165, 1.54) is 18.5 Å². The lowest BCUT2D eigenvalue weighted by molar-refractivity contribution is 0.423. The molecule has 0 aromatic carbocycles. The van der Waals surface area contributed by atoms with Crippen LogP contribution in [0.15, 0.2) is 41.1 Å². The second-order valence-electron chi connectivity index (χ2n) is 5.78. The zero-order valence-electron chi connectivity index (χ0n) is 12.8. The third-order valence-electron chi connectivity index (χ3n) is 4.24. The van der Waals surface area contributed by atoms with E-state index in [0.29, 0.717) is 5.92 Å². The molecule has 0 amide bonds. The van der Waals surface area contributed by atoms with Crippen molar-refractivity contribution in [3.05, 3.63) is 46.8 Å². The van der Waals surface area contributed by atoms with Gasteiger partial charge in [-0.3, -0.25) is 4.98 Å². The van der Waals surface area contributed by atoms with E-state index in [1.807, 2.05) is 25.4 Å². The molecule has 4 nitrogen and oxygen atoms in total. The normalized spacial score (nSPS) is 15.8. The smallest absolute Gasteiger partial charge is 0.126 e. The summed E-state index contributed by atoms with van der Waals surface area (Å²) in [7, 11) is 0. The minimum absolute atomic E-state index is 0.712. The summed E-state index contributed by atoms with van der Waals surface area (Å²) in [6.45, 7) is 5.24. The molecule has 0 aliphatic carbocycles. The average molecular weight is 361 g/mol. The molecule has 116 valence electrons. The second-order valence-corrected chi connectivity index (χ2v) is 6.63. The maximum atomic E-state index is 4.54. The molecule has 5 heteroatoms. The van der Waals surface area contributed by atoms with Crippen molar-refractivity contribution in [2.24, 2.45) is 5.92 Å². The first-order chi connectivity index (χ1) is 10.7. The molecule has 0 saturated carbocycles. The second kappa shape index (κ2) is 7.09. The van der Waals surface area contributed by atoms with Crippen LogP contribution in [0.4, 0.5) is 11.5 Å². The Labute approximate surface area is 140 Å². The van der Waals surface area contributed by atoms with Crippen molar-refractivity contribution in [2.75, 3.05) is 29.9 Å². The number of hydrogen-bond donors (Lipinski definition) is 1. The first-order valence-corrected chi connectivity index (χ1v) is 8.53. The Morgan fingerprint density at radius 2 is 1.91 bits per heavy atom. The zero-order chi connectivity index (χ0) is 15.4. The highest BCUT2D eigenvalue weighted by atomic mass is 79.9. The molecule has 0 radical (unpaired) electrons. The lowest BCUT2D eigenvalue weighted by Gasteiger charge is -2.33. The summed E-state index contributed by atoms with van der Waals surface area (Å²) in [5, 5.41) is 3.48. The highest BCUT2D eigenvalue weighted by molar-refractivity contribution is 9.10. The lowest BCUT2D eigenvalue weighted by Crippen LogP contribution is -2.35. The number of halogens is 1. The van der Waals surface area contributed by atoms with Gasteiger partial charge in [-0.2, -0.15) is 0 Å². The molecule has 0 bridgehead atoms. The summed E-state index contributed by atoms with van der Waals surface area (Å²) in [6.07, 6.45) is 6.16. The third-order valence-corrected chi connectivity index (χ3v) is 5.07. The van der Waals surface area contributed by atoms with E-state index in [0.717, 1.165) is 35.6 Å². The molecule has 0 spiro atoms. The average Bonchev–Trinajstić information content (AvgIpc) is 2.57. The number of hydrogen-bond acceptors (Lipinski definition) is 4. The van der Waals surface area contributed by atoms with Crippen molar-refractivity contribution in [1.29, 1.82) is 0 Å². The fourth-order valence-electron chi connectivity index (χ4n) is 2.84. The molecule has 1 N–H and O–H groups in total. The van der Waals surface area contributed by atoms with E-state index in [-0.39, 0.29) is 0 Å². The number of piperidine rings is 1. The molecular formula is C17H21BrN4. The summed E-state index contributed by atoms with van der Waals surface area (Å²) >= 11 is 3.49. The van der Waals surface area contributed by atoms with Gasteiger partial charge in [0.25, 0.3) is 0 Å². The van der Waals surface area contributed by atoms with E-state index in [4.69, 9.17) is 0 Å². The van der Waals surface area contributed by atoms with Crippen molar-refractivity contribution in [3.8, 4) is 0 Å². The summed E-state index contributed by atoms with van der Waals surface area (Å²) < 4.78 is 1.06. The van der Waals surface area contributed by atoms with E-state index >= 15 is 0 Å². The predicted octanol–water partition coefficient (Wildman–Crippen LogP) is 3.88. The maximum Gasteiger partial charge on any atom is 0.126 e. The SMILES string of the molecule is Cc1nc(NCC2CCN(c3ccncc3)CC2)ccc1Br. The number of aromatic nitrogens is 2. The standard InChI is InChI=1S/C17H21BrN4/c1-13-16(18)2-3-17(21-13)20-12-14-6-10-22(11-7-14)15-4-8-19-9-5-15/h2-5,8-9,14H,6-7,10-12H2,1H3,(H,20,21). The van der Waals surface area contributed by atoms with Crippen LogP contribution in [0.5, 0.6) is 0 Å². The van der Waals surface area contributed by atoms with Crippen LogP contribution in [-0.2, 0) is 0 Å². The van der Waals surface area contributed by atoms with Crippen LogP contribution < -0.4 is 10.2 Å². The van der Waals surface area contributed by atoms with E-state index in [9.17, 15) is 0 Å². The lowest BCUT2D eigenvalue weighted by atomic mass is 9.96. The van der Waals surface area contributed by atoms with Gasteiger partial charge in [0.15, 0.2) is 0 Å². The molecule has 0 unspecified atom stereocenters. The summed E-state index contributed by atoms with van der Waals surface area (Å²) in [4.78, 5) is 11.1. The van der Waals surface area contributed by atoms with Crippen molar-refractivity contribution in [2.45, 2.75) is 19.8 Å². The predicted molar refractivity (Wildman–Crippen MR) is 94.3 cm³/mol. The Kier molecular flexibility index (Phi) is 4.93. The van der Waals surface area contributed by atoms with Gasteiger partial charge in [-0.25, -0.2) is 4.98 Å². The Morgan fingerprint density at radius 3 is 2.59 bits per heavy atom. The van der Waals surface area contributed by atoms with Gasteiger partial charge in [0.2, 0.25) is 0 Å². The Hall–Kier alpha value is -1.62. The highest BCUT2D eigenvalue weighted by Gasteiger charge is 2.19. The van der Waals surface area contributed by atoms with E-state index < -0.39 is 0 Å². The van der Waals surface area contributed by atoms with Crippen molar-refractivity contribution >= 4 is 27.4 Å². The largest absolute Gasteiger partial charge is 0.371 e. The van der Waals surface area contributed by atoms with Gasteiger partial charge < -0.3 is 10.2 Å². The van der Waals surface area contributed by atoms with Crippen LogP contribution in [0.2, 0.25) is 0 Å². The summed E-state index contributed by atoms with van der Waals surface area (Å²) in [5.74, 6) is 1.68. The third kappa shape index (κ3) is 3.77. The Bertz CT molecular complexity index is 609. The van der Waals surface area contributed by atoms with Crippen LogP contribution in [0.25, 0.3) is 0 Å². The molecule has 0 atom stereocenters. The fourth-order valence-corrected chi connectivity index (χ4v) is 3.06. The highest BCUT2D eigenvalue weighted by Crippen LogP contribution is 2.23. The van der Waals surface area contributed by atoms with Gasteiger partial charge in [-0.15, -0.1) is 0 Å². The van der Waals surface area contributed by atoms with Crippen LogP contribution in [0, 0.1) is 12.8 Å². The first-order valence-electron chi connectivity index (χ1n) is 7.74. The molecule has 2 aromatic heterocycles. The van der Waals surface area contributed by atoms with Gasteiger partial charge in [0.1, 0.15) is 5.82 Å². The first kappa shape index (κ1) is 15.3. The molecular weight excluding hydrogens is 340 g/mol. The van der Waals surface area contributed by atoms with Crippen molar-refractivity contribution in [3.63, 3.8) is 0 Å². The number of nitrogens with one attached hydrogen (secondary N) is 1. The van der Waals surface area contributed by atoms with Gasteiger partial charge in [-0.1, -0.05) is 0 Å². The van der Waals surface area contributed by atoms with Crippen molar-refractivity contribution < 1.29 is 0 Å². The molecule has 3 rings (SSSR count). The number of pyridine rings is 2. The van der Waals surface area contributed by atoms with Crippen LogP contribution in [0.1, 0.15) is 18.5 Å². The zero-order valence-corrected chi connectivity index (χ0v) is 14.4. The molecule has 1 fully saturated rings. The van der Waals surface area contributed by atoms with Crippen LogP contribution in [0.3, 0.4) is 0 Å². The summed E-state index contributed by atoms with van der Waals surface area (Å²) in [6, 6.07) is 8.26. The monoisotopic (exact) mass is 360 g/mol. The van der Waals surface area contributed by atoms with Gasteiger partial charge in [0.05, 0.1) is 5.69 Å². The van der Waals surface area contributed by atoms with Crippen LogP contribution in [-0.4, -0.2) is 29.6 Å². The Balaban J connectivity index is 1.49. The molecule has 1 saturated heterocycles.